The van der Waals surface area contributed by atoms with Crippen molar-refractivity contribution in [2.75, 3.05) is 0 Å². The Hall–Kier alpha value is -0.980. The molecule has 1 heteroatoms. The number of allylic oxidation sites excluding steroid dienone is 5. The number of rotatable bonds is 3. The molecule has 0 fully saturated rings. The van der Waals surface area contributed by atoms with Gasteiger partial charge in [-0.25, -0.2) is 0 Å². The topological polar surface area (TPSA) is 26.0 Å². The summed E-state index contributed by atoms with van der Waals surface area (Å²) in [4.78, 5) is 0. The first-order valence-electron chi connectivity index (χ1n) is 5.87. The molecular weight excluding hydrogens is 182 g/mol. The van der Waals surface area contributed by atoms with E-state index in [1.54, 1.807) is 0 Å². The Kier molecular flexibility index (Phi) is 4.19. The standard InChI is InChI=1S/C14H23N/c1-5-10(2)6-8-13-11(3)7-9-14(15)12(13)4/h6,8-9,11-13H,2,5,7,15H2,1,3-4H3/b8-6-. The Balaban J connectivity index is 2.72. The zero-order valence-corrected chi connectivity index (χ0v) is 10.2. The van der Waals surface area contributed by atoms with Crippen molar-refractivity contribution in [2.24, 2.45) is 23.5 Å². The second-order valence-electron chi connectivity index (χ2n) is 4.65. The molecule has 0 saturated heterocycles. The molecule has 0 bridgehead atoms. The van der Waals surface area contributed by atoms with Crippen LogP contribution in [0.3, 0.4) is 0 Å². The van der Waals surface area contributed by atoms with Crippen molar-refractivity contribution in [2.45, 2.75) is 33.6 Å². The highest BCUT2D eigenvalue weighted by molar-refractivity contribution is 5.19. The highest BCUT2D eigenvalue weighted by Crippen LogP contribution is 2.33. The monoisotopic (exact) mass is 205 g/mol. The van der Waals surface area contributed by atoms with E-state index in [0.717, 1.165) is 18.5 Å². The predicted molar refractivity (Wildman–Crippen MR) is 67.3 cm³/mol. The van der Waals surface area contributed by atoms with Crippen LogP contribution in [-0.2, 0) is 0 Å². The fraction of sp³-hybridized carbons (Fsp3) is 0.571. The largest absolute Gasteiger partial charge is 0.402 e. The lowest BCUT2D eigenvalue weighted by Gasteiger charge is -2.31. The molecule has 0 aromatic rings. The van der Waals surface area contributed by atoms with Crippen molar-refractivity contribution < 1.29 is 0 Å². The van der Waals surface area contributed by atoms with Gasteiger partial charge in [-0.15, -0.1) is 0 Å². The van der Waals surface area contributed by atoms with Crippen LogP contribution >= 0.6 is 0 Å². The third kappa shape index (κ3) is 2.98. The fourth-order valence-corrected chi connectivity index (χ4v) is 2.10. The predicted octanol–water partition coefficient (Wildman–Crippen LogP) is 3.64. The molecule has 1 aliphatic carbocycles. The van der Waals surface area contributed by atoms with Crippen LogP contribution in [0.15, 0.2) is 36.1 Å². The van der Waals surface area contributed by atoms with Gasteiger partial charge in [0.2, 0.25) is 0 Å². The summed E-state index contributed by atoms with van der Waals surface area (Å²) < 4.78 is 0. The van der Waals surface area contributed by atoms with Gasteiger partial charge in [0, 0.05) is 11.6 Å². The summed E-state index contributed by atoms with van der Waals surface area (Å²) in [6, 6.07) is 0. The molecule has 3 unspecified atom stereocenters. The maximum absolute atomic E-state index is 5.97. The number of hydrogen-bond donors (Lipinski definition) is 1. The molecule has 0 radical (unpaired) electrons. The van der Waals surface area contributed by atoms with Gasteiger partial charge in [-0.1, -0.05) is 51.2 Å². The second-order valence-corrected chi connectivity index (χ2v) is 4.65. The summed E-state index contributed by atoms with van der Waals surface area (Å²) in [7, 11) is 0. The van der Waals surface area contributed by atoms with Crippen LogP contribution in [0.1, 0.15) is 33.6 Å². The summed E-state index contributed by atoms with van der Waals surface area (Å²) in [5, 5.41) is 0. The smallest absolute Gasteiger partial charge is 0.00748 e. The highest BCUT2D eigenvalue weighted by Gasteiger charge is 2.25. The Morgan fingerprint density at radius 1 is 1.60 bits per heavy atom. The maximum atomic E-state index is 5.97. The molecule has 1 nitrogen and oxygen atoms in total. The van der Waals surface area contributed by atoms with E-state index in [4.69, 9.17) is 5.73 Å². The van der Waals surface area contributed by atoms with E-state index >= 15 is 0 Å². The summed E-state index contributed by atoms with van der Waals surface area (Å²) in [6.07, 6.45) is 8.76. The van der Waals surface area contributed by atoms with E-state index in [9.17, 15) is 0 Å². The molecule has 84 valence electrons. The minimum Gasteiger partial charge on any atom is -0.402 e. The Morgan fingerprint density at radius 3 is 2.87 bits per heavy atom. The van der Waals surface area contributed by atoms with E-state index in [1.807, 2.05) is 0 Å². The average Bonchev–Trinajstić information content (AvgIpc) is 2.23. The molecule has 0 amide bonds. The lowest BCUT2D eigenvalue weighted by Crippen LogP contribution is -2.26. The summed E-state index contributed by atoms with van der Waals surface area (Å²) in [6.45, 7) is 10.6. The first-order valence-corrected chi connectivity index (χ1v) is 5.87. The Morgan fingerprint density at radius 2 is 2.27 bits per heavy atom. The van der Waals surface area contributed by atoms with E-state index in [-0.39, 0.29) is 0 Å². The molecule has 0 heterocycles. The normalized spacial score (nSPS) is 31.7. The summed E-state index contributed by atoms with van der Waals surface area (Å²) in [5.74, 6) is 1.72. The zero-order chi connectivity index (χ0) is 11.4. The van der Waals surface area contributed by atoms with Crippen molar-refractivity contribution in [3.63, 3.8) is 0 Å². The molecule has 0 spiro atoms. The fourth-order valence-electron chi connectivity index (χ4n) is 2.10. The Labute approximate surface area is 93.7 Å². The van der Waals surface area contributed by atoms with Crippen LogP contribution in [0.2, 0.25) is 0 Å². The van der Waals surface area contributed by atoms with Gasteiger partial charge in [-0.2, -0.15) is 0 Å². The van der Waals surface area contributed by atoms with Crippen LogP contribution in [0.5, 0.6) is 0 Å². The van der Waals surface area contributed by atoms with Gasteiger partial charge in [-0.3, -0.25) is 0 Å². The molecule has 0 aromatic heterocycles. The zero-order valence-electron chi connectivity index (χ0n) is 10.2. The molecule has 1 aliphatic rings. The van der Waals surface area contributed by atoms with Crippen LogP contribution in [0.4, 0.5) is 0 Å². The van der Waals surface area contributed by atoms with Crippen molar-refractivity contribution in [1.82, 2.24) is 0 Å². The van der Waals surface area contributed by atoms with Crippen LogP contribution < -0.4 is 5.73 Å². The van der Waals surface area contributed by atoms with Gasteiger partial charge >= 0.3 is 0 Å². The van der Waals surface area contributed by atoms with Crippen LogP contribution in [0.25, 0.3) is 0 Å². The van der Waals surface area contributed by atoms with Gasteiger partial charge in [-0.05, 0) is 24.7 Å². The second kappa shape index (κ2) is 5.20. The van der Waals surface area contributed by atoms with E-state index in [0.29, 0.717) is 17.8 Å². The van der Waals surface area contributed by atoms with Crippen LogP contribution in [0, 0.1) is 17.8 Å². The van der Waals surface area contributed by atoms with Crippen molar-refractivity contribution in [3.8, 4) is 0 Å². The lowest BCUT2D eigenvalue weighted by atomic mass is 9.75. The first kappa shape index (κ1) is 12.1. The molecule has 3 atom stereocenters. The lowest BCUT2D eigenvalue weighted by molar-refractivity contribution is 0.326. The van der Waals surface area contributed by atoms with Gasteiger partial charge in [0.25, 0.3) is 0 Å². The van der Waals surface area contributed by atoms with Crippen molar-refractivity contribution >= 4 is 0 Å². The number of nitrogens with two attached hydrogens (primary N) is 1. The maximum Gasteiger partial charge on any atom is 0.00748 e. The molecule has 2 N–H and O–H groups in total. The third-order valence-electron chi connectivity index (χ3n) is 3.49. The van der Waals surface area contributed by atoms with Gasteiger partial charge in [0.05, 0.1) is 0 Å². The van der Waals surface area contributed by atoms with Crippen LogP contribution in [-0.4, -0.2) is 0 Å². The van der Waals surface area contributed by atoms with E-state index < -0.39 is 0 Å². The van der Waals surface area contributed by atoms with E-state index in [1.165, 1.54) is 5.57 Å². The van der Waals surface area contributed by atoms with Crippen molar-refractivity contribution in [1.29, 1.82) is 0 Å². The quantitative estimate of drug-likeness (QED) is 0.699. The van der Waals surface area contributed by atoms with E-state index in [2.05, 4.69) is 45.6 Å². The third-order valence-corrected chi connectivity index (χ3v) is 3.49. The summed E-state index contributed by atoms with van der Waals surface area (Å²) in [5.41, 5.74) is 8.22. The van der Waals surface area contributed by atoms with Gasteiger partial charge in [0.15, 0.2) is 0 Å². The highest BCUT2D eigenvalue weighted by atomic mass is 14.6. The first-order chi connectivity index (χ1) is 7.06. The van der Waals surface area contributed by atoms with Gasteiger partial charge < -0.3 is 5.73 Å². The molecule has 0 saturated carbocycles. The van der Waals surface area contributed by atoms with Crippen molar-refractivity contribution in [3.05, 3.63) is 36.1 Å². The molecule has 1 rings (SSSR count). The molecular formula is C14H23N. The summed E-state index contributed by atoms with van der Waals surface area (Å²) >= 11 is 0. The number of hydrogen-bond acceptors (Lipinski definition) is 1. The van der Waals surface area contributed by atoms with Gasteiger partial charge in [0.1, 0.15) is 0 Å². The molecule has 15 heavy (non-hydrogen) atoms. The average molecular weight is 205 g/mol. The molecule has 0 aromatic carbocycles. The minimum absolute atomic E-state index is 0.467. The molecule has 0 aliphatic heterocycles. The SMILES string of the molecule is C=C(/C=C\C1C(C)CC=C(N)C1C)CC. The minimum atomic E-state index is 0.467. The Bertz CT molecular complexity index is 286.